The van der Waals surface area contributed by atoms with Gasteiger partial charge < -0.3 is 31.0 Å². The number of nitrogens with zero attached hydrogens (tertiary/aromatic N) is 7. The standard InChI is InChI=1S/C33H22N8.Cu/c1-18-19-10-2-4-12-21(19)28(35-18)37-30-23-14-6-8-16-25(23)32(39-30)41-33-26-17-9-7-15-24(26)31(40-33)38-29-22-13-5-3-11-20(22)27(34)36-29;/h2-18H,34H2,1H3;/q-2;+2. The molecule has 42 heavy (non-hydrogen) atoms. The predicted octanol–water partition coefficient (Wildman–Crippen LogP) is 6.32. The Labute approximate surface area is 252 Å². The molecule has 0 saturated carbocycles. The van der Waals surface area contributed by atoms with Crippen LogP contribution in [0, 0.1) is 0 Å². The third-order valence-electron chi connectivity index (χ3n) is 7.51. The van der Waals surface area contributed by atoms with Gasteiger partial charge in [-0.3, -0.25) is 4.99 Å². The molecule has 2 N–H and O–H groups in total. The first-order valence-electron chi connectivity index (χ1n) is 13.4. The molecule has 3 aliphatic rings. The summed E-state index contributed by atoms with van der Waals surface area (Å²) in [6, 6.07) is 31.9. The molecule has 4 heterocycles. The molecule has 0 spiro atoms. The fourth-order valence-corrected chi connectivity index (χ4v) is 5.53. The molecule has 1 unspecified atom stereocenters. The van der Waals surface area contributed by atoms with Gasteiger partial charge >= 0.3 is 17.1 Å². The van der Waals surface area contributed by atoms with E-state index < -0.39 is 0 Å². The third kappa shape index (κ3) is 4.10. The number of hydrogen-bond acceptors (Lipinski definition) is 5. The Bertz CT molecular complexity index is 2060. The second-order valence-corrected chi connectivity index (χ2v) is 10.0. The molecule has 0 fully saturated rings. The van der Waals surface area contributed by atoms with E-state index in [9.17, 15) is 0 Å². The van der Waals surface area contributed by atoms with Crippen molar-refractivity contribution in [3.8, 4) is 0 Å². The van der Waals surface area contributed by atoms with Gasteiger partial charge in [0.25, 0.3) is 0 Å². The van der Waals surface area contributed by atoms with Gasteiger partial charge in [0.2, 0.25) is 0 Å². The summed E-state index contributed by atoms with van der Waals surface area (Å²) >= 11 is 0. The Hall–Kier alpha value is -5.11. The van der Waals surface area contributed by atoms with Crippen LogP contribution < -0.4 is 10.7 Å². The summed E-state index contributed by atoms with van der Waals surface area (Å²) in [7, 11) is 0. The van der Waals surface area contributed by atoms with Crippen LogP contribution in [0.4, 0.5) is 11.6 Å². The van der Waals surface area contributed by atoms with Crippen LogP contribution in [0.15, 0.2) is 122 Å². The summed E-state index contributed by atoms with van der Waals surface area (Å²) in [5, 5.41) is 6.64. The Morgan fingerprint density at radius 3 is 1.95 bits per heavy atom. The monoisotopic (exact) mass is 593 g/mol. The summed E-state index contributed by atoms with van der Waals surface area (Å²) < 4.78 is 0. The first-order valence-corrected chi connectivity index (χ1v) is 13.4. The van der Waals surface area contributed by atoms with Crippen molar-refractivity contribution in [3.05, 3.63) is 136 Å². The summed E-state index contributed by atoms with van der Waals surface area (Å²) in [5.41, 5.74) is 11.9. The number of nitrogen functional groups attached to an aromatic ring is 1. The van der Waals surface area contributed by atoms with E-state index in [1.54, 1.807) is 0 Å². The largest absolute Gasteiger partial charge is 2.00 e. The summed E-state index contributed by atoms with van der Waals surface area (Å²) in [4.78, 5) is 28.8. The molecule has 0 aliphatic carbocycles. The predicted molar refractivity (Wildman–Crippen MR) is 165 cm³/mol. The van der Waals surface area contributed by atoms with Crippen molar-refractivity contribution in [1.29, 1.82) is 0 Å². The van der Waals surface area contributed by atoms with Crippen LogP contribution in [0.2, 0.25) is 0 Å². The van der Waals surface area contributed by atoms with Crippen LogP contribution in [-0.4, -0.2) is 29.2 Å². The van der Waals surface area contributed by atoms with Crippen molar-refractivity contribution in [2.45, 2.75) is 13.0 Å². The number of aromatic nitrogens is 1. The Kier molecular flexibility index (Phi) is 6.19. The van der Waals surface area contributed by atoms with Crippen LogP contribution in [0.25, 0.3) is 16.1 Å². The van der Waals surface area contributed by atoms with E-state index in [2.05, 4.69) is 24.0 Å². The van der Waals surface area contributed by atoms with E-state index in [0.717, 1.165) is 38.6 Å². The molecule has 5 aromatic rings. The molecule has 1 radical (unpaired) electrons. The van der Waals surface area contributed by atoms with Gasteiger partial charge in [-0.05, 0) is 34.4 Å². The normalized spacial score (nSPS) is 19.4. The van der Waals surface area contributed by atoms with E-state index >= 15 is 0 Å². The van der Waals surface area contributed by atoms with Gasteiger partial charge in [0.1, 0.15) is 0 Å². The van der Waals surface area contributed by atoms with Crippen molar-refractivity contribution < 1.29 is 17.1 Å². The van der Waals surface area contributed by atoms with Crippen LogP contribution in [0.3, 0.4) is 0 Å². The van der Waals surface area contributed by atoms with Crippen molar-refractivity contribution in [2.24, 2.45) is 25.0 Å². The van der Waals surface area contributed by atoms with E-state index in [1.165, 1.54) is 5.56 Å². The maximum atomic E-state index is 6.16. The number of rotatable bonds is 1. The first-order chi connectivity index (χ1) is 20.1. The molecule has 4 aromatic carbocycles. The maximum absolute atomic E-state index is 6.16. The van der Waals surface area contributed by atoms with E-state index in [1.807, 2.05) is 84.9 Å². The van der Waals surface area contributed by atoms with Crippen LogP contribution >= 0.6 is 0 Å². The number of hydrogen-bond donors (Lipinski definition) is 1. The molecule has 0 bridgehead atoms. The number of nitrogens with two attached hydrogens (primary N) is 1. The molecular formula is C33H22CuN8. The fraction of sp³-hybridized carbons (Fsp3) is 0.0606. The van der Waals surface area contributed by atoms with Gasteiger partial charge in [-0.1, -0.05) is 97.1 Å². The number of amidine groups is 5. The number of anilines is 1. The van der Waals surface area contributed by atoms with Gasteiger partial charge in [0.05, 0.1) is 23.5 Å². The first kappa shape index (κ1) is 25.8. The fourth-order valence-electron chi connectivity index (χ4n) is 5.53. The van der Waals surface area contributed by atoms with Gasteiger partial charge in [0.15, 0.2) is 0 Å². The minimum Gasteiger partial charge on any atom is -0.455 e. The van der Waals surface area contributed by atoms with Gasteiger partial charge in [-0.2, -0.15) is 0 Å². The Balaban J connectivity index is 0.00000288. The second-order valence-electron chi connectivity index (χ2n) is 10.0. The molecule has 0 saturated heterocycles. The SMILES string of the molecule is CC1N=C(N=C2[N-]C(=NC3=N/C(=N\c4[n-]c(N)c5ccccc45)c4ccccc43)c3ccccc32)c2ccccc21.[Cu+2]. The molecule has 1 aromatic heterocycles. The minimum atomic E-state index is 0. The van der Waals surface area contributed by atoms with Crippen LogP contribution in [0.5, 0.6) is 0 Å². The molecule has 1 atom stereocenters. The minimum absolute atomic E-state index is 0. The third-order valence-corrected chi connectivity index (χ3v) is 7.51. The second kappa shape index (κ2) is 10.1. The van der Waals surface area contributed by atoms with Crippen molar-refractivity contribution in [1.82, 2.24) is 4.98 Å². The molecule has 8 rings (SSSR count). The zero-order valence-electron chi connectivity index (χ0n) is 22.3. The van der Waals surface area contributed by atoms with Crippen molar-refractivity contribution in [2.75, 3.05) is 5.73 Å². The van der Waals surface area contributed by atoms with Gasteiger partial charge in [-0.25, -0.2) is 4.99 Å². The van der Waals surface area contributed by atoms with E-state index in [-0.39, 0.29) is 23.1 Å². The van der Waals surface area contributed by atoms with Crippen LogP contribution in [-0.2, 0) is 17.1 Å². The maximum Gasteiger partial charge on any atom is 2.00 e. The van der Waals surface area contributed by atoms with E-state index in [0.29, 0.717) is 40.8 Å². The summed E-state index contributed by atoms with van der Waals surface area (Å²) in [6.07, 6.45) is 0. The molecular weight excluding hydrogens is 572 g/mol. The van der Waals surface area contributed by atoms with Gasteiger partial charge in [0, 0.05) is 40.0 Å². The molecule has 0 amide bonds. The summed E-state index contributed by atoms with van der Waals surface area (Å²) in [6.45, 7) is 2.08. The zero-order valence-corrected chi connectivity index (χ0v) is 23.3. The topological polar surface area (TPSA) is 116 Å². The van der Waals surface area contributed by atoms with Crippen LogP contribution in [0.1, 0.15) is 46.3 Å². The quantitative estimate of drug-likeness (QED) is 0.229. The van der Waals surface area contributed by atoms with E-state index in [4.69, 9.17) is 36.0 Å². The van der Waals surface area contributed by atoms with Crippen molar-refractivity contribution >= 4 is 51.6 Å². The zero-order chi connectivity index (χ0) is 27.5. The number of benzene rings is 4. The molecule has 9 heteroatoms. The number of fused-ring (bicyclic) bond motifs is 4. The molecule has 3 aliphatic heterocycles. The number of aliphatic imine (C=N–C) groups is 5. The van der Waals surface area contributed by atoms with Gasteiger partial charge in [-0.15, -0.1) is 0 Å². The Morgan fingerprint density at radius 2 is 1.21 bits per heavy atom. The molecule has 205 valence electrons. The molecule has 8 nitrogen and oxygen atoms in total. The van der Waals surface area contributed by atoms with Crippen molar-refractivity contribution in [3.63, 3.8) is 0 Å². The average Bonchev–Trinajstić information content (AvgIpc) is 3.73. The smallest absolute Gasteiger partial charge is 0.455 e. The summed E-state index contributed by atoms with van der Waals surface area (Å²) in [5.74, 6) is 3.89. The average molecular weight is 594 g/mol. The Morgan fingerprint density at radius 1 is 0.643 bits per heavy atom.